The van der Waals surface area contributed by atoms with Crippen LogP contribution in [0.15, 0.2) is 0 Å². The third kappa shape index (κ3) is 5.37. The van der Waals surface area contributed by atoms with E-state index in [2.05, 4.69) is 47.0 Å². The van der Waals surface area contributed by atoms with E-state index in [0.717, 1.165) is 18.3 Å². The first-order valence-corrected chi connectivity index (χ1v) is 8.42. The standard InChI is InChI=1S/C18H37NO/c1-17(2,3)15-10-8-14(9-11-15)16(19-6)12-13-18(4,5)20-7/h14-16,19H,8-13H2,1-7H3. The molecule has 2 heteroatoms. The summed E-state index contributed by atoms with van der Waals surface area (Å²) in [5.74, 6) is 1.76. The molecule has 1 aliphatic carbocycles. The molecule has 0 aromatic carbocycles. The highest BCUT2D eigenvalue weighted by Crippen LogP contribution is 2.41. The fourth-order valence-corrected chi connectivity index (χ4v) is 3.61. The third-order valence-corrected chi connectivity index (χ3v) is 5.55. The van der Waals surface area contributed by atoms with Gasteiger partial charge in [0.05, 0.1) is 5.60 Å². The van der Waals surface area contributed by atoms with E-state index in [0.29, 0.717) is 11.5 Å². The first kappa shape index (κ1) is 18.0. The number of hydrogen-bond acceptors (Lipinski definition) is 2. The van der Waals surface area contributed by atoms with Crippen LogP contribution in [-0.2, 0) is 4.74 Å². The quantitative estimate of drug-likeness (QED) is 0.767. The minimum Gasteiger partial charge on any atom is -0.379 e. The van der Waals surface area contributed by atoms with E-state index in [1.165, 1.54) is 32.1 Å². The van der Waals surface area contributed by atoms with Crippen molar-refractivity contribution in [3.63, 3.8) is 0 Å². The predicted molar refractivity (Wildman–Crippen MR) is 88.1 cm³/mol. The average molecular weight is 284 g/mol. The number of hydrogen-bond donors (Lipinski definition) is 1. The molecule has 1 atom stereocenters. The largest absolute Gasteiger partial charge is 0.379 e. The van der Waals surface area contributed by atoms with E-state index in [-0.39, 0.29) is 5.60 Å². The van der Waals surface area contributed by atoms with Gasteiger partial charge in [-0.1, -0.05) is 20.8 Å². The topological polar surface area (TPSA) is 21.3 Å². The highest BCUT2D eigenvalue weighted by molar-refractivity contribution is 4.86. The molecular formula is C18H37NO. The number of methoxy groups -OCH3 is 1. The molecule has 0 radical (unpaired) electrons. The molecule has 0 saturated heterocycles. The minimum absolute atomic E-state index is 0.0116. The van der Waals surface area contributed by atoms with E-state index in [1.807, 2.05) is 7.11 Å². The van der Waals surface area contributed by atoms with E-state index >= 15 is 0 Å². The maximum Gasteiger partial charge on any atom is 0.0623 e. The van der Waals surface area contributed by atoms with Gasteiger partial charge in [-0.2, -0.15) is 0 Å². The monoisotopic (exact) mass is 283 g/mol. The second-order valence-electron chi connectivity index (χ2n) is 8.38. The zero-order valence-electron chi connectivity index (χ0n) is 14.9. The molecule has 20 heavy (non-hydrogen) atoms. The highest BCUT2D eigenvalue weighted by Gasteiger charge is 2.32. The lowest BCUT2D eigenvalue weighted by Crippen LogP contribution is -2.39. The molecule has 1 aliphatic rings. The van der Waals surface area contributed by atoms with Gasteiger partial charge in [0, 0.05) is 13.2 Å². The predicted octanol–water partition coefficient (Wildman–Crippen LogP) is 4.63. The molecule has 1 fully saturated rings. The lowest BCUT2D eigenvalue weighted by atomic mass is 9.68. The first-order valence-electron chi connectivity index (χ1n) is 8.42. The van der Waals surface area contributed by atoms with Crippen molar-refractivity contribution in [3.8, 4) is 0 Å². The third-order valence-electron chi connectivity index (χ3n) is 5.55. The average Bonchev–Trinajstić information content (AvgIpc) is 2.39. The van der Waals surface area contributed by atoms with Crippen LogP contribution in [-0.4, -0.2) is 25.8 Å². The van der Waals surface area contributed by atoms with Gasteiger partial charge in [0.1, 0.15) is 0 Å². The van der Waals surface area contributed by atoms with Crippen molar-refractivity contribution < 1.29 is 4.74 Å². The summed E-state index contributed by atoms with van der Waals surface area (Å²) in [7, 11) is 3.95. The van der Waals surface area contributed by atoms with Crippen molar-refractivity contribution in [1.82, 2.24) is 5.32 Å². The van der Waals surface area contributed by atoms with Crippen molar-refractivity contribution in [2.45, 2.75) is 84.8 Å². The summed E-state index contributed by atoms with van der Waals surface area (Å²) in [5, 5.41) is 3.57. The molecule has 0 bridgehead atoms. The Hall–Kier alpha value is -0.0800. The molecule has 1 rings (SSSR count). The molecule has 1 unspecified atom stereocenters. The van der Waals surface area contributed by atoms with E-state index < -0.39 is 0 Å². The molecule has 0 spiro atoms. The number of rotatable bonds is 6. The summed E-state index contributed by atoms with van der Waals surface area (Å²) < 4.78 is 5.55. The van der Waals surface area contributed by atoms with Gasteiger partial charge in [-0.05, 0) is 76.7 Å². The van der Waals surface area contributed by atoms with E-state index in [4.69, 9.17) is 4.74 Å². The molecule has 0 aromatic heterocycles. The lowest BCUT2D eigenvalue weighted by molar-refractivity contribution is 0.00902. The van der Waals surface area contributed by atoms with Gasteiger partial charge in [-0.3, -0.25) is 0 Å². The van der Waals surface area contributed by atoms with Crippen LogP contribution < -0.4 is 5.32 Å². The van der Waals surface area contributed by atoms with Gasteiger partial charge in [0.15, 0.2) is 0 Å². The van der Waals surface area contributed by atoms with Crippen molar-refractivity contribution in [2.24, 2.45) is 17.3 Å². The first-order chi connectivity index (χ1) is 9.19. The van der Waals surface area contributed by atoms with Gasteiger partial charge >= 0.3 is 0 Å². The summed E-state index contributed by atoms with van der Waals surface area (Å²) >= 11 is 0. The lowest BCUT2D eigenvalue weighted by Gasteiger charge is -2.40. The molecule has 0 heterocycles. The van der Waals surface area contributed by atoms with Crippen molar-refractivity contribution >= 4 is 0 Å². The number of nitrogens with one attached hydrogen (secondary N) is 1. The molecule has 1 saturated carbocycles. The van der Waals surface area contributed by atoms with Crippen LogP contribution in [0.2, 0.25) is 0 Å². The second kappa shape index (κ2) is 7.26. The molecule has 120 valence electrons. The molecule has 0 amide bonds. The van der Waals surface area contributed by atoms with Gasteiger partial charge < -0.3 is 10.1 Å². The zero-order chi connectivity index (χ0) is 15.4. The fraction of sp³-hybridized carbons (Fsp3) is 1.00. The van der Waals surface area contributed by atoms with Gasteiger partial charge in [-0.15, -0.1) is 0 Å². The van der Waals surface area contributed by atoms with Gasteiger partial charge in [-0.25, -0.2) is 0 Å². The van der Waals surface area contributed by atoms with Crippen molar-refractivity contribution in [1.29, 1.82) is 0 Å². The van der Waals surface area contributed by atoms with Crippen LogP contribution in [0, 0.1) is 17.3 Å². The molecule has 2 nitrogen and oxygen atoms in total. The van der Waals surface area contributed by atoms with Crippen LogP contribution >= 0.6 is 0 Å². The normalized spacial score (nSPS) is 26.6. The Balaban J connectivity index is 2.45. The minimum atomic E-state index is 0.0116. The summed E-state index contributed by atoms with van der Waals surface area (Å²) in [4.78, 5) is 0. The van der Waals surface area contributed by atoms with Gasteiger partial charge in [0.25, 0.3) is 0 Å². The number of ether oxygens (including phenoxy) is 1. The maximum absolute atomic E-state index is 5.55. The van der Waals surface area contributed by atoms with Crippen LogP contribution in [0.25, 0.3) is 0 Å². The van der Waals surface area contributed by atoms with Gasteiger partial charge in [0.2, 0.25) is 0 Å². The summed E-state index contributed by atoms with van der Waals surface area (Å²) in [5.41, 5.74) is 0.496. The van der Waals surface area contributed by atoms with E-state index in [9.17, 15) is 0 Å². The van der Waals surface area contributed by atoms with Crippen LogP contribution in [0.1, 0.15) is 73.1 Å². The Kier molecular flexibility index (Phi) is 6.53. The van der Waals surface area contributed by atoms with Crippen molar-refractivity contribution in [3.05, 3.63) is 0 Å². The van der Waals surface area contributed by atoms with Crippen LogP contribution in [0.3, 0.4) is 0 Å². The molecule has 0 aliphatic heterocycles. The fourth-order valence-electron chi connectivity index (χ4n) is 3.61. The maximum atomic E-state index is 5.55. The summed E-state index contributed by atoms with van der Waals surface area (Å²) in [6.07, 6.45) is 7.94. The molecule has 1 N–H and O–H groups in total. The van der Waals surface area contributed by atoms with Crippen LogP contribution in [0.5, 0.6) is 0 Å². The SMILES string of the molecule is CNC(CCC(C)(C)OC)C1CCC(C(C)(C)C)CC1. The Morgan fingerprint density at radius 2 is 1.60 bits per heavy atom. The highest BCUT2D eigenvalue weighted by atomic mass is 16.5. The Bertz CT molecular complexity index is 272. The molecule has 0 aromatic rings. The second-order valence-corrected chi connectivity index (χ2v) is 8.38. The Morgan fingerprint density at radius 3 is 2.00 bits per heavy atom. The van der Waals surface area contributed by atoms with E-state index in [1.54, 1.807) is 0 Å². The van der Waals surface area contributed by atoms with Crippen LogP contribution in [0.4, 0.5) is 0 Å². The smallest absolute Gasteiger partial charge is 0.0623 e. The van der Waals surface area contributed by atoms with Crippen molar-refractivity contribution in [2.75, 3.05) is 14.2 Å². The zero-order valence-corrected chi connectivity index (χ0v) is 14.9. The molecular weight excluding hydrogens is 246 g/mol. The Morgan fingerprint density at radius 1 is 1.05 bits per heavy atom. The summed E-state index contributed by atoms with van der Waals surface area (Å²) in [6, 6.07) is 0.658. The Labute approximate surface area is 127 Å². The summed E-state index contributed by atoms with van der Waals surface area (Å²) in [6.45, 7) is 11.6.